The molecule has 1 aromatic carbocycles. The first kappa shape index (κ1) is 16.8. The minimum Gasteiger partial charge on any atom is -0.349 e. The first-order valence-corrected chi connectivity index (χ1v) is 9.26. The first-order chi connectivity index (χ1) is 10.00. The number of carbonyl (C=O) groups excluding carboxylic acids is 1. The highest BCUT2D eigenvalue weighted by Gasteiger charge is 2.27. The molecule has 1 unspecified atom stereocenters. The Labute approximate surface area is 132 Å². The second-order valence-corrected chi connectivity index (χ2v) is 8.90. The van der Waals surface area contributed by atoms with Crippen LogP contribution < -0.4 is 9.62 Å². The Morgan fingerprint density at radius 3 is 2.50 bits per heavy atom. The van der Waals surface area contributed by atoms with E-state index in [0.717, 1.165) is 5.56 Å². The summed E-state index contributed by atoms with van der Waals surface area (Å²) in [5.41, 5.74) is 2.15. The van der Waals surface area contributed by atoms with Crippen molar-refractivity contribution in [2.45, 2.75) is 40.2 Å². The Kier molecular flexibility index (Phi) is 4.26. The highest BCUT2D eigenvalue weighted by molar-refractivity contribution is 7.92. The van der Waals surface area contributed by atoms with Gasteiger partial charge >= 0.3 is 0 Å². The number of hydrogen-bond donors (Lipinski definition) is 1. The lowest BCUT2D eigenvalue weighted by Crippen LogP contribution is -2.41. The molecule has 0 radical (unpaired) electrons. The van der Waals surface area contributed by atoms with Crippen LogP contribution in [0.5, 0.6) is 0 Å². The zero-order valence-corrected chi connectivity index (χ0v) is 14.6. The van der Waals surface area contributed by atoms with Gasteiger partial charge in [-0.15, -0.1) is 0 Å². The minimum atomic E-state index is -3.25. The molecule has 2 rings (SSSR count). The second kappa shape index (κ2) is 5.57. The molecule has 1 aromatic rings. The van der Waals surface area contributed by atoms with E-state index in [9.17, 15) is 13.2 Å². The van der Waals surface area contributed by atoms with Crippen LogP contribution in [0.25, 0.3) is 0 Å². The van der Waals surface area contributed by atoms with Crippen molar-refractivity contribution in [2.75, 3.05) is 17.1 Å². The third-order valence-electron chi connectivity index (χ3n) is 4.24. The second-order valence-electron chi connectivity index (χ2n) is 6.99. The van der Waals surface area contributed by atoms with Gasteiger partial charge in [-0.1, -0.05) is 20.8 Å². The van der Waals surface area contributed by atoms with Crippen molar-refractivity contribution in [3.8, 4) is 0 Å². The number of fused-ring (bicyclic) bond motifs is 1. The van der Waals surface area contributed by atoms with Crippen molar-refractivity contribution in [1.29, 1.82) is 0 Å². The fourth-order valence-electron chi connectivity index (χ4n) is 2.35. The number of carbonyl (C=O) groups is 1. The smallest absolute Gasteiger partial charge is 0.251 e. The number of sulfonamides is 1. The topological polar surface area (TPSA) is 66.5 Å². The van der Waals surface area contributed by atoms with Crippen LogP contribution in [0, 0.1) is 5.41 Å². The largest absolute Gasteiger partial charge is 0.349 e. The third-order valence-corrected chi connectivity index (χ3v) is 5.42. The molecule has 5 nitrogen and oxygen atoms in total. The zero-order chi connectivity index (χ0) is 16.7. The van der Waals surface area contributed by atoms with Gasteiger partial charge in [-0.25, -0.2) is 8.42 Å². The van der Waals surface area contributed by atoms with Gasteiger partial charge in [0.2, 0.25) is 10.0 Å². The molecule has 0 aromatic heterocycles. The van der Waals surface area contributed by atoms with Gasteiger partial charge in [0.05, 0.1) is 11.9 Å². The summed E-state index contributed by atoms with van der Waals surface area (Å²) < 4.78 is 24.8. The maximum Gasteiger partial charge on any atom is 0.251 e. The molecule has 1 N–H and O–H groups in total. The number of anilines is 1. The number of hydrogen-bond acceptors (Lipinski definition) is 3. The van der Waals surface area contributed by atoms with E-state index in [0.29, 0.717) is 24.2 Å². The number of nitrogens with one attached hydrogen (secondary N) is 1. The van der Waals surface area contributed by atoms with E-state index in [1.165, 1.54) is 10.6 Å². The molecule has 0 fully saturated rings. The molecule has 6 heteroatoms. The summed E-state index contributed by atoms with van der Waals surface area (Å²) in [6.45, 7) is 8.65. The molecule has 1 aliphatic rings. The third kappa shape index (κ3) is 3.43. The summed E-state index contributed by atoms with van der Waals surface area (Å²) in [7, 11) is -3.25. The fourth-order valence-corrected chi connectivity index (χ4v) is 3.31. The Hall–Kier alpha value is -1.56. The summed E-state index contributed by atoms with van der Waals surface area (Å²) >= 11 is 0. The van der Waals surface area contributed by atoms with Gasteiger partial charge in [-0.3, -0.25) is 9.10 Å². The van der Waals surface area contributed by atoms with E-state index in [1.54, 1.807) is 18.2 Å². The normalized spacial score (nSPS) is 16.3. The maximum absolute atomic E-state index is 12.3. The van der Waals surface area contributed by atoms with Crippen LogP contribution in [0.1, 0.15) is 43.6 Å². The Balaban J connectivity index is 2.21. The predicted molar refractivity (Wildman–Crippen MR) is 88.7 cm³/mol. The van der Waals surface area contributed by atoms with Crippen LogP contribution in [0.2, 0.25) is 0 Å². The Bertz CT molecular complexity index is 690. The lowest BCUT2D eigenvalue weighted by Gasteiger charge is -2.28. The molecular weight excluding hydrogens is 300 g/mol. The van der Waals surface area contributed by atoms with Crippen LogP contribution in [-0.4, -0.2) is 33.2 Å². The number of nitrogens with zero attached hydrogens (tertiary/aromatic N) is 1. The van der Waals surface area contributed by atoms with E-state index in [1.807, 2.05) is 6.92 Å². The lowest BCUT2D eigenvalue weighted by molar-refractivity contribution is 0.0910. The van der Waals surface area contributed by atoms with E-state index < -0.39 is 10.0 Å². The van der Waals surface area contributed by atoms with Gasteiger partial charge in [0.25, 0.3) is 5.91 Å². The monoisotopic (exact) mass is 324 g/mol. The van der Waals surface area contributed by atoms with Crippen LogP contribution in [0.4, 0.5) is 5.69 Å². The van der Waals surface area contributed by atoms with Crippen LogP contribution in [-0.2, 0) is 16.4 Å². The van der Waals surface area contributed by atoms with Gasteiger partial charge in [0.15, 0.2) is 0 Å². The number of rotatable bonds is 3. The zero-order valence-electron chi connectivity index (χ0n) is 13.8. The summed E-state index contributed by atoms with van der Waals surface area (Å²) in [6.07, 6.45) is 1.84. The minimum absolute atomic E-state index is 0.0144. The number of benzene rings is 1. The van der Waals surface area contributed by atoms with Gasteiger partial charge in [-0.05, 0) is 42.5 Å². The van der Waals surface area contributed by atoms with Crippen LogP contribution >= 0.6 is 0 Å². The molecule has 0 spiro atoms. The van der Waals surface area contributed by atoms with E-state index in [-0.39, 0.29) is 17.4 Å². The molecule has 122 valence electrons. The molecule has 1 aliphatic heterocycles. The first-order valence-electron chi connectivity index (χ1n) is 7.41. The average Bonchev–Trinajstić information content (AvgIpc) is 2.79. The standard InChI is InChI=1S/C16H24N2O3S/c1-11(16(2,3)4)17-15(19)13-6-7-14-12(10-13)8-9-18(14)22(5,20)21/h6-7,10-11H,8-9H2,1-5H3,(H,17,19). The Morgan fingerprint density at radius 2 is 1.95 bits per heavy atom. The lowest BCUT2D eigenvalue weighted by atomic mass is 9.88. The van der Waals surface area contributed by atoms with Crippen molar-refractivity contribution in [3.63, 3.8) is 0 Å². The molecule has 1 amide bonds. The number of amides is 1. The maximum atomic E-state index is 12.3. The Morgan fingerprint density at radius 1 is 1.32 bits per heavy atom. The molecular formula is C16H24N2O3S. The SMILES string of the molecule is CC(NC(=O)c1ccc2c(c1)CCN2S(C)(=O)=O)C(C)(C)C. The average molecular weight is 324 g/mol. The summed E-state index contributed by atoms with van der Waals surface area (Å²) in [5, 5.41) is 3.00. The van der Waals surface area contributed by atoms with Crippen molar-refractivity contribution in [1.82, 2.24) is 5.32 Å². The van der Waals surface area contributed by atoms with E-state index in [2.05, 4.69) is 26.1 Å². The van der Waals surface area contributed by atoms with Crippen molar-refractivity contribution >= 4 is 21.6 Å². The summed E-state index contributed by atoms with van der Waals surface area (Å²) in [4.78, 5) is 12.3. The van der Waals surface area contributed by atoms with E-state index >= 15 is 0 Å². The molecule has 1 heterocycles. The molecule has 0 aliphatic carbocycles. The molecule has 1 atom stereocenters. The molecule has 0 saturated heterocycles. The molecule has 0 saturated carbocycles. The quantitative estimate of drug-likeness (QED) is 0.926. The summed E-state index contributed by atoms with van der Waals surface area (Å²) in [6, 6.07) is 5.25. The van der Waals surface area contributed by atoms with Gasteiger partial charge < -0.3 is 5.32 Å². The van der Waals surface area contributed by atoms with Gasteiger partial charge in [-0.2, -0.15) is 0 Å². The highest BCUT2D eigenvalue weighted by atomic mass is 32.2. The van der Waals surface area contributed by atoms with Gasteiger partial charge in [0.1, 0.15) is 0 Å². The molecule has 0 bridgehead atoms. The van der Waals surface area contributed by atoms with Crippen molar-refractivity contribution in [3.05, 3.63) is 29.3 Å². The van der Waals surface area contributed by atoms with E-state index in [4.69, 9.17) is 0 Å². The van der Waals surface area contributed by atoms with Crippen molar-refractivity contribution in [2.24, 2.45) is 5.41 Å². The van der Waals surface area contributed by atoms with Crippen molar-refractivity contribution < 1.29 is 13.2 Å². The van der Waals surface area contributed by atoms with Gasteiger partial charge in [0, 0.05) is 18.2 Å². The van der Waals surface area contributed by atoms with Crippen LogP contribution in [0.15, 0.2) is 18.2 Å². The predicted octanol–water partition coefficient (Wildman–Crippen LogP) is 2.17. The highest BCUT2D eigenvalue weighted by Crippen LogP contribution is 2.30. The summed E-state index contributed by atoms with van der Waals surface area (Å²) in [5.74, 6) is -0.122. The fraction of sp³-hybridized carbons (Fsp3) is 0.562. The van der Waals surface area contributed by atoms with Crippen LogP contribution in [0.3, 0.4) is 0 Å². The molecule has 22 heavy (non-hydrogen) atoms.